The molecule has 0 spiro atoms. The fourth-order valence-corrected chi connectivity index (χ4v) is 10.1. The van der Waals surface area contributed by atoms with E-state index in [1.807, 2.05) is 40.0 Å². The van der Waals surface area contributed by atoms with Crippen molar-refractivity contribution in [1.29, 1.82) is 0 Å². The van der Waals surface area contributed by atoms with E-state index < -0.39 is 35.4 Å². The average molecular weight is 847 g/mol. The summed E-state index contributed by atoms with van der Waals surface area (Å²) < 4.78 is 45.7. The van der Waals surface area contributed by atoms with E-state index in [1.165, 1.54) is 28.9 Å². The second-order valence-electron chi connectivity index (χ2n) is 17.2. The number of phenols is 1. The second-order valence-corrected chi connectivity index (χ2v) is 17.2. The number of rotatable bonds is 6. The number of halogens is 2. The highest BCUT2D eigenvalue weighted by Gasteiger charge is 2.62. The standard InChI is InChI=1S/C43H44F2N12O5/c1-5-61-28-19-52(4)39(59)34-15-27(62-42-46-11-10-31(49-42)29-12-24(45)13-32-36(29)53(21-28)22(2)48-32)20-55(34)37-30-17-47-57(33-9-6-23(44)14-35(33)58)38(30)51-41(50-37)56-26-16-43(56,3)40(60)54(18-26)25-7-8-25/h6,9-14,17,25-28,34,58H,5,7-8,15-16,18-21H2,1-4H3/t26-,27+,28+,34+,43+/m1/s1. The molecule has 2 amide bonds. The zero-order chi connectivity index (χ0) is 42.8. The molecule has 1 aliphatic carbocycles. The van der Waals surface area contributed by atoms with Crippen LogP contribution in [0, 0.1) is 18.6 Å². The van der Waals surface area contributed by atoms with E-state index >= 15 is 4.39 Å². The van der Waals surface area contributed by atoms with Gasteiger partial charge in [0.05, 0.1) is 53.5 Å². The first kappa shape index (κ1) is 38.4. The first-order chi connectivity index (χ1) is 29.9. The Balaban J connectivity index is 1.05. The van der Waals surface area contributed by atoms with Crippen molar-refractivity contribution in [3.05, 3.63) is 66.3 Å². The number of aromatic nitrogens is 8. The monoisotopic (exact) mass is 846 g/mol. The van der Waals surface area contributed by atoms with Crippen LogP contribution in [0.1, 0.15) is 45.4 Å². The van der Waals surface area contributed by atoms with Crippen LogP contribution in [0.3, 0.4) is 0 Å². The predicted molar refractivity (Wildman–Crippen MR) is 221 cm³/mol. The number of phenolic OH excluding ortho intramolecular Hbond substituents is 1. The highest BCUT2D eigenvalue weighted by atomic mass is 19.1. The number of piperidine rings is 1. The van der Waals surface area contributed by atoms with Gasteiger partial charge < -0.3 is 38.7 Å². The minimum Gasteiger partial charge on any atom is -0.506 e. The minimum atomic E-state index is -0.895. The molecule has 6 aliphatic rings. The number of fused-ring (bicyclic) bond motifs is 8. The number of ether oxygens (including phenoxy) is 2. The number of carbonyl (C=O) groups is 2. The van der Waals surface area contributed by atoms with Gasteiger partial charge in [-0.15, -0.1) is 0 Å². The summed E-state index contributed by atoms with van der Waals surface area (Å²) in [6.07, 6.45) is 4.85. The van der Waals surface area contributed by atoms with Crippen molar-refractivity contribution in [2.45, 2.75) is 88.9 Å². The van der Waals surface area contributed by atoms with Gasteiger partial charge in [0.1, 0.15) is 52.4 Å². The molecule has 19 heteroatoms. The van der Waals surface area contributed by atoms with E-state index in [-0.39, 0.29) is 66.8 Å². The van der Waals surface area contributed by atoms with E-state index in [0.717, 1.165) is 18.9 Å². The van der Waals surface area contributed by atoms with Crippen LogP contribution in [0.15, 0.2) is 48.8 Å². The maximum Gasteiger partial charge on any atom is 0.317 e. The Hall–Kier alpha value is -6.50. The lowest BCUT2D eigenvalue weighted by Crippen LogP contribution is -2.79. The molecule has 17 nitrogen and oxygen atoms in total. The smallest absolute Gasteiger partial charge is 0.317 e. The van der Waals surface area contributed by atoms with Gasteiger partial charge in [0, 0.05) is 69.5 Å². The van der Waals surface area contributed by atoms with Gasteiger partial charge in [-0.05, 0) is 57.9 Å². The number of hydrogen-bond acceptors (Lipinski definition) is 13. The molecule has 5 fully saturated rings. The third-order valence-corrected chi connectivity index (χ3v) is 13.1. The van der Waals surface area contributed by atoms with Crippen LogP contribution >= 0.6 is 0 Å². The Morgan fingerprint density at radius 1 is 0.968 bits per heavy atom. The van der Waals surface area contributed by atoms with E-state index in [1.54, 1.807) is 30.4 Å². The molecule has 4 saturated heterocycles. The van der Waals surface area contributed by atoms with E-state index in [4.69, 9.17) is 29.4 Å². The third kappa shape index (κ3) is 6.02. The van der Waals surface area contributed by atoms with E-state index in [9.17, 15) is 19.1 Å². The van der Waals surface area contributed by atoms with Gasteiger partial charge >= 0.3 is 6.01 Å². The molecular formula is C43H44F2N12O5. The molecule has 320 valence electrons. The first-order valence-corrected chi connectivity index (χ1v) is 21.0. The molecule has 1 N–H and O–H groups in total. The highest BCUT2D eigenvalue weighted by Crippen LogP contribution is 2.48. The molecule has 62 heavy (non-hydrogen) atoms. The zero-order valence-corrected chi connectivity index (χ0v) is 34.6. The number of aryl methyl sites for hydroxylation is 1. The summed E-state index contributed by atoms with van der Waals surface area (Å²) in [5.41, 5.74) is 1.67. The predicted octanol–water partition coefficient (Wildman–Crippen LogP) is 4.16. The van der Waals surface area contributed by atoms with Crippen LogP contribution in [-0.2, 0) is 20.9 Å². The van der Waals surface area contributed by atoms with Crippen molar-refractivity contribution < 1.29 is 33.0 Å². The molecule has 2 aromatic carbocycles. The van der Waals surface area contributed by atoms with Crippen molar-refractivity contribution in [1.82, 2.24) is 49.1 Å². The third-order valence-electron chi connectivity index (χ3n) is 13.1. The number of piperazine rings is 1. The van der Waals surface area contributed by atoms with Gasteiger partial charge in [-0.2, -0.15) is 20.1 Å². The normalized spacial score (nSPS) is 25.0. The summed E-state index contributed by atoms with van der Waals surface area (Å²) in [4.78, 5) is 60.6. The first-order valence-electron chi connectivity index (χ1n) is 21.0. The van der Waals surface area contributed by atoms with Gasteiger partial charge in [0.2, 0.25) is 17.8 Å². The van der Waals surface area contributed by atoms with Crippen molar-refractivity contribution in [3.63, 3.8) is 0 Å². The molecule has 9 heterocycles. The lowest BCUT2D eigenvalue weighted by Gasteiger charge is -2.62. The summed E-state index contributed by atoms with van der Waals surface area (Å²) in [7, 11) is 1.74. The fraction of sp³-hybridized carbons (Fsp3) is 0.442. The number of amides is 2. The van der Waals surface area contributed by atoms with Gasteiger partial charge in [-0.25, -0.2) is 23.4 Å². The maximum atomic E-state index is 15.2. The molecule has 1 saturated carbocycles. The maximum absolute atomic E-state index is 15.2. The second kappa shape index (κ2) is 14.0. The van der Waals surface area contributed by atoms with Gasteiger partial charge in [0.25, 0.3) is 0 Å². The number of hydrogen-bond donors (Lipinski definition) is 1. The fourth-order valence-electron chi connectivity index (χ4n) is 10.1. The topological polar surface area (TPSA) is 173 Å². The molecular weight excluding hydrogens is 803 g/mol. The quantitative estimate of drug-likeness (QED) is 0.254. The number of benzene rings is 2. The molecule has 6 bridgehead atoms. The molecule has 6 aromatic rings. The van der Waals surface area contributed by atoms with Crippen LogP contribution in [0.5, 0.6) is 11.8 Å². The molecule has 4 aromatic heterocycles. The molecule has 12 rings (SSSR count). The Labute approximate surface area is 353 Å². The Morgan fingerprint density at radius 3 is 2.60 bits per heavy atom. The number of likely N-dealkylation sites (N-methyl/N-ethyl adjacent to an activating group) is 1. The lowest BCUT2D eigenvalue weighted by molar-refractivity contribution is -0.147. The number of carbonyl (C=O) groups excluding carboxylic acids is 2. The van der Waals surface area contributed by atoms with E-state index in [0.29, 0.717) is 71.1 Å². The lowest BCUT2D eigenvalue weighted by atomic mass is 9.75. The largest absolute Gasteiger partial charge is 0.506 e. The van der Waals surface area contributed by atoms with Crippen molar-refractivity contribution in [2.24, 2.45) is 0 Å². The molecule has 0 unspecified atom stereocenters. The number of imidazole rings is 1. The van der Waals surface area contributed by atoms with Gasteiger partial charge in [0.15, 0.2) is 5.65 Å². The molecule has 5 atom stereocenters. The van der Waals surface area contributed by atoms with Crippen molar-refractivity contribution in [2.75, 3.05) is 43.1 Å². The van der Waals surface area contributed by atoms with Crippen LogP contribution in [0.2, 0.25) is 0 Å². The Kier molecular flexibility index (Phi) is 8.69. The van der Waals surface area contributed by atoms with Gasteiger partial charge in [-0.3, -0.25) is 9.59 Å². The van der Waals surface area contributed by atoms with Crippen LogP contribution < -0.4 is 14.5 Å². The Bertz CT molecular complexity index is 2830. The number of nitrogens with zero attached hydrogens (tertiary/aromatic N) is 12. The highest BCUT2D eigenvalue weighted by molar-refractivity contribution is 5.97. The van der Waals surface area contributed by atoms with Crippen LogP contribution in [-0.4, -0.2) is 135 Å². The summed E-state index contributed by atoms with van der Waals surface area (Å²) in [5.74, 6) is -0.349. The number of aromatic hydroxyl groups is 1. The average Bonchev–Trinajstić information content (AvgIpc) is 3.74. The van der Waals surface area contributed by atoms with Crippen LogP contribution in [0.25, 0.3) is 39.0 Å². The van der Waals surface area contributed by atoms with Gasteiger partial charge in [-0.1, -0.05) is 0 Å². The Morgan fingerprint density at radius 2 is 1.81 bits per heavy atom. The SMILES string of the molecule is CCO[C@H]1CN(C)C(=O)[C@@H]2C[C@@H](CN2c2nc(N3[C@H]4CN(C5CC5)C(=O)[C@]3(C)C4)nc3c2cnn3-c2ccc(F)cc2O)Oc2nccc(n2)-c2cc(F)cc3nc(C)n(c23)C1. The van der Waals surface area contributed by atoms with E-state index in [2.05, 4.69) is 10.1 Å². The van der Waals surface area contributed by atoms with Crippen LogP contribution in [0.4, 0.5) is 20.5 Å². The van der Waals surface area contributed by atoms with Crippen molar-refractivity contribution in [3.8, 4) is 28.7 Å². The number of anilines is 2. The zero-order valence-electron chi connectivity index (χ0n) is 34.6. The minimum absolute atomic E-state index is 0.0259. The summed E-state index contributed by atoms with van der Waals surface area (Å²) in [6, 6.07) is 7.59. The molecule has 5 aliphatic heterocycles. The van der Waals surface area contributed by atoms with Crippen molar-refractivity contribution >= 4 is 45.6 Å². The summed E-state index contributed by atoms with van der Waals surface area (Å²) >= 11 is 0. The molecule has 0 radical (unpaired) electrons. The summed E-state index contributed by atoms with van der Waals surface area (Å²) in [6.45, 7) is 7.28. The summed E-state index contributed by atoms with van der Waals surface area (Å²) in [5, 5.41) is 16.0.